The van der Waals surface area contributed by atoms with Crippen molar-refractivity contribution >= 4 is 5.91 Å². The van der Waals surface area contributed by atoms with Gasteiger partial charge in [0.15, 0.2) is 11.5 Å². The van der Waals surface area contributed by atoms with E-state index in [4.69, 9.17) is 15.2 Å². The fourth-order valence-corrected chi connectivity index (χ4v) is 4.73. The van der Waals surface area contributed by atoms with E-state index in [1.54, 1.807) is 0 Å². The summed E-state index contributed by atoms with van der Waals surface area (Å²) in [4.78, 5) is 15.3. The minimum atomic E-state index is 0.0457. The molecule has 2 bridgehead atoms. The van der Waals surface area contributed by atoms with E-state index in [9.17, 15) is 4.79 Å². The van der Waals surface area contributed by atoms with Crippen molar-refractivity contribution in [2.24, 2.45) is 17.6 Å². The highest BCUT2D eigenvalue weighted by molar-refractivity contribution is 5.79. The minimum Gasteiger partial charge on any atom is -0.454 e. The van der Waals surface area contributed by atoms with Gasteiger partial charge in [0, 0.05) is 31.9 Å². The maximum atomic E-state index is 12.9. The number of ether oxygens (including phenoxy) is 2. The zero-order valence-corrected chi connectivity index (χ0v) is 16.3. The zero-order chi connectivity index (χ0) is 19.8. The Labute approximate surface area is 169 Å². The van der Waals surface area contributed by atoms with E-state index in [1.807, 2.05) is 29.1 Å². The normalized spacial score (nSPS) is 27.2. The summed E-state index contributed by atoms with van der Waals surface area (Å²) in [5.74, 6) is 2.11. The van der Waals surface area contributed by atoms with Gasteiger partial charge < -0.3 is 20.5 Å². The number of hydrogen-bond acceptors (Lipinski definition) is 7. The average Bonchev–Trinajstić information content (AvgIpc) is 3.41. The Morgan fingerprint density at radius 2 is 2.21 bits per heavy atom. The third kappa shape index (κ3) is 3.67. The summed E-state index contributed by atoms with van der Waals surface area (Å²) in [7, 11) is 0. The number of nitrogens with zero attached hydrogens (tertiary/aromatic N) is 4. The van der Waals surface area contributed by atoms with Crippen LogP contribution >= 0.6 is 0 Å². The first-order valence-electron chi connectivity index (χ1n) is 10.2. The molecule has 154 valence electrons. The maximum Gasteiger partial charge on any atom is 0.231 e. The van der Waals surface area contributed by atoms with Gasteiger partial charge in [-0.15, -0.1) is 5.10 Å². The second-order valence-corrected chi connectivity index (χ2v) is 8.08. The van der Waals surface area contributed by atoms with Gasteiger partial charge in [0.1, 0.15) is 0 Å². The van der Waals surface area contributed by atoms with Gasteiger partial charge in [0.2, 0.25) is 12.7 Å². The number of carbonyl (C=O) groups excluding carboxylic acids is 1. The van der Waals surface area contributed by atoms with Crippen molar-refractivity contribution in [3.8, 4) is 11.5 Å². The van der Waals surface area contributed by atoms with Crippen molar-refractivity contribution in [2.75, 3.05) is 19.9 Å². The number of aromatic nitrogens is 3. The largest absolute Gasteiger partial charge is 0.454 e. The molecule has 1 aromatic carbocycles. The smallest absolute Gasteiger partial charge is 0.231 e. The van der Waals surface area contributed by atoms with Crippen LogP contribution in [0.1, 0.15) is 24.1 Å². The van der Waals surface area contributed by atoms with E-state index in [1.165, 1.54) is 0 Å². The molecule has 4 aliphatic rings. The number of nitrogens with one attached hydrogen (secondary N) is 1. The lowest BCUT2D eigenvalue weighted by atomic mass is 9.75. The molecule has 6 rings (SSSR count). The lowest BCUT2D eigenvalue weighted by molar-refractivity contribution is -0.133. The first-order chi connectivity index (χ1) is 14.2. The molecular weight excluding hydrogens is 372 g/mol. The van der Waals surface area contributed by atoms with Crippen LogP contribution in [-0.2, 0) is 24.4 Å². The van der Waals surface area contributed by atoms with E-state index in [2.05, 4.69) is 20.5 Å². The SMILES string of the molecule is NCc1cn(C[C@H]2C[C@H]3CCN2C[C@@H]3C(=O)NCc2ccc3c(c2)OCO3)nn1. The Kier molecular flexibility index (Phi) is 4.84. The van der Waals surface area contributed by atoms with E-state index in [-0.39, 0.29) is 18.6 Å². The molecule has 0 radical (unpaired) electrons. The third-order valence-corrected chi connectivity index (χ3v) is 6.31. The molecule has 1 unspecified atom stereocenters. The van der Waals surface area contributed by atoms with Crippen LogP contribution in [0.5, 0.6) is 11.5 Å². The van der Waals surface area contributed by atoms with Crippen LogP contribution in [0.15, 0.2) is 24.4 Å². The van der Waals surface area contributed by atoms with Crippen LogP contribution < -0.4 is 20.5 Å². The van der Waals surface area contributed by atoms with Gasteiger partial charge in [-0.3, -0.25) is 14.4 Å². The van der Waals surface area contributed by atoms with Crippen molar-refractivity contribution < 1.29 is 14.3 Å². The van der Waals surface area contributed by atoms with Gasteiger partial charge >= 0.3 is 0 Å². The molecule has 9 nitrogen and oxygen atoms in total. The fourth-order valence-electron chi connectivity index (χ4n) is 4.73. The molecule has 29 heavy (non-hydrogen) atoms. The van der Waals surface area contributed by atoms with E-state index in [0.29, 0.717) is 25.0 Å². The lowest BCUT2D eigenvalue weighted by Gasteiger charge is -2.49. The number of hydrogen-bond donors (Lipinski definition) is 2. The summed E-state index contributed by atoms with van der Waals surface area (Å²) in [5, 5.41) is 11.4. The molecule has 5 heterocycles. The van der Waals surface area contributed by atoms with Crippen molar-refractivity contribution in [2.45, 2.75) is 38.5 Å². The quantitative estimate of drug-likeness (QED) is 0.729. The van der Waals surface area contributed by atoms with Gasteiger partial charge in [0.05, 0.1) is 18.2 Å². The van der Waals surface area contributed by atoms with Crippen LogP contribution in [0.3, 0.4) is 0 Å². The molecule has 1 aromatic heterocycles. The van der Waals surface area contributed by atoms with Crippen LogP contribution in [0, 0.1) is 11.8 Å². The first kappa shape index (κ1) is 18.4. The Morgan fingerprint density at radius 1 is 1.31 bits per heavy atom. The molecule has 3 N–H and O–H groups in total. The first-order valence-corrected chi connectivity index (χ1v) is 10.2. The van der Waals surface area contributed by atoms with Crippen molar-refractivity contribution in [3.05, 3.63) is 35.7 Å². The monoisotopic (exact) mass is 398 g/mol. The molecule has 0 aliphatic carbocycles. The summed E-state index contributed by atoms with van der Waals surface area (Å²) >= 11 is 0. The Balaban J connectivity index is 1.17. The zero-order valence-electron chi connectivity index (χ0n) is 16.3. The molecule has 4 aliphatic heterocycles. The molecule has 2 aromatic rings. The lowest BCUT2D eigenvalue weighted by Crippen LogP contribution is -2.58. The van der Waals surface area contributed by atoms with Crippen molar-refractivity contribution in [1.29, 1.82) is 0 Å². The molecule has 4 atom stereocenters. The average molecular weight is 398 g/mol. The molecule has 0 saturated carbocycles. The standard InChI is InChI=1S/C20H26N6O3/c21-7-15-9-26(24-23-15)10-16-6-14-3-4-25(16)11-17(14)20(27)22-8-13-1-2-18-19(5-13)29-12-28-18/h1-2,5,9,14,16-17H,3-4,6-8,10-12,21H2,(H,22,27)/t14-,16-,17+/m1/s1. The topological polar surface area (TPSA) is 108 Å². The predicted molar refractivity (Wildman–Crippen MR) is 104 cm³/mol. The second kappa shape index (κ2) is 7.64. The molecule has 1 amide bonds. The van der Waals surface area contributed by atoms with Crippen LogP contribution in [0.2, 0.25) is 0 Å². The molecule has 3 saturated heterocycles. The van der Waals surface area contributed by atoms with Crippen molar-refractivity contribution in [1.82, 2.24) is 25.2 Å². The number of amides is 1. The Hall–Kier alpha value is -2.65. The minimum absolute atomic E-state index is 0.0457. The number of fused-ring (bicyclic) bond motifs is 4. The highest BCUT2D eigenvalue weighted by Crippen LogP contribution is 2.37. The summed E-state index contributed by atoms with van der Waals surface area (Å²) < 4.78 is 12.6. The third-order valence-electron chi connectivity index (χ3n) is 6.31. The van der Waals surface area contributed by atoms with Crippen LogP contribution in [-0.4, -0.2) is 51.7 Å². The Morgan fingerprint density at radius 3 is 3.00 bits per heavy atom. The summed E-state index contributed by atoms with van der Waals surface area (Å²) in [6.45, 7) is 3.81. The number of benzene rings is 1. The van der Waals surface area contributed by atoms with Crippen LogP contribution in [0.4, 0.5) is 0 Å². The van der Waals surface area contributed by atoms with Gasteiger partial charge in [-0.1, -0.05) is 11.3 Å². The maximum absolute atomic E-state index is 12.9. The molecule has 9 heteroatoms. The molecular formula is C20H26N6O3. The van der Waals surface area contributed by atoms with Gasteiger partial charge in [-0.2, -0.15) is 0 Å². The number of rotatable bonds is 6. The Bertz CT molecular complexity index is 900. The summed E-state index contributed by atoms with van der Waals surface area (Å²) in [6.07, 6.45) is 4.00. The van der Waals surface area contributed by atoms with Gasteiger partial charge in [-0.25, -0.2) is 0 Å². The summed E-state index contributed by atoms with van der Waals surface area (Å²) in [5.41, 5.74) is 7.45. The van der Waals surface area contributed by atoms with Gasteiger partial charge in [0.25, 0.3) is 0 Å². The molecule has 0 spiro atoms. The highest BCUT2D eigenvalue weighted by atomic mass is 16.7. The fraction of sp³-hybridized carbons (Fsp3) is 0.550. The summed E-state index contributed by atoms with van der Waals surface area (Å²) in [6, 6.07) is 6.19. The van der Waals surface area contributed by atoms with E-state index in [0.717, 1.165) is 55.2 Å². The number of piperidine rings is 3. The second-order valence-electron chi connectivity index (χ2n) is 8.08. The van der Waals surface area contributed by atoms with Crippen molar-refractivity contribution in [3.63, 3.8) is 0 Å². The predicted octanol–water partition coefficient (Wildman–Crippen LogP) is 0.492. The van der Waals surface area contributed by atoms with E-state index < -0.39 is 0 Å². The highest BCUT2D eigenvalue weighted by Gasteiger charge is 2.43. The number of carbonyl (C=O) groups is 1. The van der Waals surface area contributed by atoms with E-state index >= 15 is 0 Å². The van der Waals surface area contributed by atoms with Crippen LogP contribution in [0.25, 0.3) is 0 Å². The molecule has 3 fully saturated rings. The number of nitrogens with two attached hydrogens (primary N) is 1. The van der Waals surface area contributed by atoms with Gasteiger partial charge in [-0.05, 0) is 43.0 Å².